The van der Waals surface area contributed by atoms with Gasteiger partial charge >= 0.3 is 0 Å². The van der Waals surface area contributed by atoms with Crippen molar-refractivity contribution in [2.75, 3.05) is 5.32 Å². The van der Waals surface area contributed by atoms with Crippen LogP contribution in [0.5, 0.6) is 0 Å². The average Bonchev–Trinajstić information content (AvgIpc) is 2.96. The fourth-order valence-electron chi connectivity index (χ4n) is 2.65. The van der Waals surface area contributed by atoms with Gasteiger partial charge in [0.2, 0.25) is 5.92 Å². The minimum Gasteiger partial charge on any atom is -0.367 e. The smallest absolute Gasteiger partial charge is 0.248 e. The van der Waals surface area contributed by atoms with Crippen LogP contribution in [0.3, 0.4) is 0 Å². The molecule has 0 spiro atoms. The molecular weight excluding hydrogens is 334 g/mol. The maximum absolute atomic E-state index is 13.3. The number of aryl methyl sites for hydroxylation is 1. The second-order valence-corrected chi connectivity index (χ2v) is 6.94. The van der Waals surface area contributed by atoms with E-state index in [0.29, 0.717) is 29.5 Å². The molecule has 0 atom stereocenters. The van der Waals surface area contributed by atoms with Crippen LogP contribution in [0.15, 0.2) is 11.4 Å². The summed E-state index contributed by atoms with van der Waals surface area (Å²) in [6, 6.07) is 1.49. The Labute approximate surface area is 142 Å². The van der Waals surface area contributed by atoms with Gasteiger partial charge in [0.25, 0.3) is 0 Å². The molecule has 1 saturated carbocycles. The molecule has 5 nitrogen and oxygen atoms in total. The molecule has 1 aliphatic carbocycles. The minimum absolute atomic E-state index is 0.0785. The lowest BCUT2D eigenvalue weighted by molar-refractivity contribution is -0.0361. The Morgan fingerprint density at radius 1 is 1.29 bits per heavy atom. The van der Waals surface area contributed by atoms with Gasteiger partial charge < -0.3 is 5.32 Å². The number of alkyl halides is 2. The van der Waals surface area contributed by atoms with Crippen molar-refractivity contribution in [2.24, 2.45) is 0 Å². The van der Waals surface area contributed by atoms with Crippen molar-refractivity contribution in [1.29, 1.82) is 0 Å². The highest BCUT2D eigenvalue weighted by molar-refractivity contribution is 7.13. The first kappa shape index (κ1) is 16.9. The topological polar surface area (TPSA) is 67.8 Å². The first-order valence-corrected chi connectivity index (χ1v) is 8.67. The Bertz CT molecular complexity index is 752. The Morgan fingerprint density at radius 2 is 2.00 bits per heavy atom. The summed E-state index contributed by atoms with van der Waals surface area (Å²) in [5.41, 5.74) is 1.15. The summed E-state index contributed by atoms with van der Waals surface area (Å²) in [6.45, 7) is 3.31. The van der Waals surface area contributed by atoms with Crippen molar-refractivity contribution in [3.63, 3.8) is 0 Å². The third kappa shape index (κ3) is 3.92. The second-order valence-electron chi connectivity index (χ2n) is 6.09. The number of nitrogens with one attached hydrogen (secondary N) is 1. The van der Waals surface area contributed by atoms with Gasteiger partial charge in [-0.3, -0.25) is 4.79 Å². The highest BCUT2D eigenvalue weighted by Crippen LogP contribution is 2.34. The number of Topliss-reactive ketones (excluding diaryl/α,β-unsaturated/α-hetero) is 1. The number of carbonyl (C=O) groups is 1. The number of aromatic nitrogens is 3. The molecule has 1 N–H and O–H groups in total. The summed E-state index contributed by atoms with van der Waals surface area (Å²) in [7, 11) is 0. The van der Waals surface area contributed by atoms with Crippen molar-refractivity contribution in [3.8, 4) is 10.8 Å². The van der Waals surface area contributed by atoms with Gasteiger partial charge in [0, 0.05) is 42.9 Å². The lowest BCUT2D eigenvalue weighted by Crippen LogP contribution is -2.32. The second kappa shape index (κ2) is 6.51. The largest absolute Gasteiger partial charge is 0.367 e. The first-order valence-electron chi connectivity index (χ1n) is 7.79. The summed E-state index contributed by atoms with van der Waals surface area (Å²) in [5.74, 6) is -1.89. The Hall–Kier alpha value is -1.96. The zero-order valence-electron chi connectivity index (χ0n) is 13.5. The summed E-state index contributed by atoms with van der Waals surface area (Å²) in [5, 5.41) is 5.69. The molecule has 8 heteroatoms. The third-order valence-electron chi connectivity index (χ3n) is 3.97. The monoisotopic (exact) mass is 352 g/mol. The lowest BCUT2D eigenvalue weighted by Gasteiger charge is -2.29. The predicted octanol–water partition coefficient (Wildman–Crippen LogP) is 4.10. The quantitative estimate of drug-likeness (QED) is 0.839. The molecule has 1 aliphatic rings. The van der Waals surface area contributed by atoms with Gasteiger partial charge in [-0.25, -0.2) is 23.7 Å². The van der Waals surface area contributed by atoms with Crippen LogP contribution in [0.25, 0.3) is 10.8 Å². The van der Waals surface area contributed by atoms with Gasteiger partial charge in [0.15, 0.2) is 16.6 Å². The number of rotatable bonds is 4. The van der Waals surface area contributed by atoms with E-state index in [2.05, 4.69) is 20.3 Å². The molecule has 128 valence electrons. The fourth-order valence-corrected chi connectivity index (χ4v) is 3.38. The van der Waals surface area contributed by atoms with Crippen LogP contribution in [0, 0.1) is 6.92 Å². The predicted molar refractivity (Wildman–Crippen MR) is 88.7 cm³/mol. The van der Waals surface area contributed by atoms with Crippen LogP contribution < -0.4 is 5.32 Å². The summed E-state index contributed by atoms with van der Waals surface area (Å²) >= 11 is 1.40. The van der Waals surface area contributed by atoms with Gasteiger partial charge in [-0.15, -0.1) is 11.3 Å². The van der Waals surface area contributed by atoms with E-state index >= 15 is 0 Å². The zero-order chi connectivity index (χ0) is 17.3. The number of carbonyl (C=O) groups excluding carboxylic acids is 1. The molecule has 2 aromatic rings. The van der Waals surface area contributed by atoms with E-state index in [1.54, 1.807) is 6.07 Å². The molecule has 1 fully saturated rings. The fraction of sp³-hybridized carbons (Fsp3) is 0.500. The van der Waals surface area contributed by atoms with Crippen LogP contribution in [0.1, 0.15) is 48.8 Å². The number of hydrogen-bond acceptors (Lipinski definition) is 6. The first-order chi connectivity index (χ1) is 11.3. The molecule has 24 heavy (non-hydrogen) atoms. The summed E-state index contributed by atoms with van der Waals surface area (Å²) < 4.78 is 26.5. The van der Waals surface area contributed by atoms with Crippen molar-refractivity contribution >= 4 is 22.9 Å². The van der Waals surface area contributed by atoms with E-state index in [0.717, 1.165) is 5.69 Å². The van der Waals surface area contributed by atoms with Crippen LogP contribution >= 0.6 is 11.3 Å². The van der Waals surface area contributed by atoms with Gasteiger partial charge in [-0.05, 0) is 19.8 Å². The number of hydrogen-bond donors (Lipinski definition) is 1. The van der Waals surface area contributed by atoms with E-state index in [9.17, 15) is 13.6 Å². The van der Waals surface area contributed by atoms with Crippen LogP contribution in [0.4, 0.5) is 14.6 Å². The Balaban J connectivity index is 1.84. The molecule has 0 aromatic carbocycles. The van der Waals surface area contributed by atoms with Crippen LogP contribution in [-0.4, -0.2) is 32.7 Å². The number of anilines is 1. The summed E-state index contributed by atoms with van der Waals surface area (Å²) in [4.78, 5) is 24.7. The molecule has 0 bridgehead atoms. The van der Waals surface area contributed by atoms with E-state index in [1.165, 1.54) is 18.3 Å². The molecule has 0 saturated heterocycles. The van der Waals surface area contributed by atoms with Crippen molar-refractivity contribution < 1.29 is 13.6 Å². The minimum atomic E-state index is -2.57. The number of ketones is 1. The Morgan fingerprint density at radius 3 is 2.58 bits per heavy atom. The van der Waals surface area contributed by atoms with E-state index < -0.39 is 5.92 Å². The molecule has 0 unspecified atom stereocenters. The van der Waals surface area contributed by atoms with Gasteiger partial charge in [0.05, 0.1) is 0 Å². The molecular formula is C16H18F2N4OS. The van der Waals surface area contributed by atoms with E-state index in [4.69, 9.17) is 0 Å². The van der Waals surface area contributed by atoms with Crippen LogP contribution in [0.2, 0.25) is 0 Å². The van der Waals surface area contributed by atoms with Gasteiger partial charge in [-0.2, -0.15) is 0 Å². The maximum atomic E-state index is 13.3. The van der Waals surface area contributed by atoms with Crippen LogP contribution in [-0.2, 0) is 0 Å². The van der Waals surface area contributed by atoms with Gasteiger partial charge in [0.1, 0.15) is 11.5 Å². The number of thiazole rings is 1. The highest BCUT2D eigenvalue weighted by atomic mass is 32.1. The summed E-state index contributed by atoms with van der Waals surface area (Å²) in [6.07, 6.45) is 0.484. The highest BCUT2D eigenvalue weighted by Gasteiger charge is 2.35. The number of nitrogens with zero attached hydrogens (tertiary/aromatic N) is 3. The molecule has 2 heterocycles. The molecule has 0 aliphatic heterocycles. The molecule has 2 aromatic heterocycles. The Kier molecular flexibility index (Phi) is 4.58. The molecule has 0 radical (unpaired) electrons. The van der Waals surface area contributed by atoms with Gasteiger partial charge in [-0.1, -0.05) is 0 Å². The zero-order valence-corrected chi connectivity index (χ0v) is 14.3. The third-order valence-corrected chi connectivity index (χ3v) is 4.92. The molecule has 0 amide bonds. The SMILES string of the molecule is CC(=O)c1cc(NC2CCC(F)(F)CC2)nc(-c2nc(C)cs2)n1. The van der Waals surface area contributed by atoms with Crippen molar-refractivity contribution in [2.45, 2.75) is 51.5 Å². The van der Waals surface area contributed by atoms with E-state index in [-0.39, 0.29) is 30.4 Å². The number of halogens is 2. The maximum Gasteiger partial charge on any atom is 0.248 e. The lowest BCUT2D eigenvalue weighted by atomic mass is 9.92. The van der Waals surface area contributed by atoms with Crippen molar-refractivity contribution in [1.82, 2.24) is 15.0 Å². The molecule has 3 rings (SSSR count). The average molecular weight is 352 g/mol. The van der Waals surface area contributed by atoms with E-state index in [1.807, 2.05) is 12.3 Å². The normalized spacial score (nSPS) is 17.7. The van der Waals surface area contributed by atoms with Crippen molar-refractivity contribution in [3.05, 3.63) is 22.8 Å². The standard InChI is InChI=1S/C16H18F2N4OS/c1-9-8-24-15(19-9)14-21-12(10(2)23)7-13(22-14)20-11-3-5-16(17,18)6-4-11/h7-8,11H,3-6H2,1-2H3,(H,20,21,22).